The summed E-state index contributed by atoms with van der Waals surface area (Å²) < 4.78 is 24.6. The van der Waals surface area contributed by atoms with Gasteiger partial charge in [0, 0.05) is 24.2 Å². The minimum Gasteiger partial charge on any atom is -0.444 e. The number of carbonyl (C=O) groups excluding carboxylic acids is 1. The molecule has 1 aliphatic rings. The van der Waals surface area contributed by atoms with Crippen LogP contribution in [0, 0.1) is 5.82 Å². The van der Waals surface area contributed by atoms with Crippen LogP contribution in [0.2, 0.25) is 0 Å². The number of morpholine rings is 1. The second kappa shape index (κ2) is 10.1. The Morgan fingerprint density at radius 2 is 2.31 bits per heavy atom. The van der Waals surface area contributed by atoms with E-state index in [0.717, 1.165) is 12.1 Å². The molecule has 2 aromatic rings. The van der Waals surface area contributed by atoms with E-state index >= 15 is 0 Å². The van der Waals surface area contributed by atoms with Gasteiger partial charge < -0.3 is 14.4 Å². The molecule has 1 fully saturated rings. The van der Waals surface area contributed by atoms with E-state index in [-0.39, 0.29) is 18.6 Å². The third kappa shape index (κ3) is 5.57. The number of hydrogen-bond acceptors (Lipinski definition) is 6. The summed E-state index contributed by atoms with van der Waals surface area (Å²) in [4.78, 5) is 26.8. The number of aromatic nitrogens is 2. The molecule has 7 nitrogen and oxygen atoms in total. The number of halogens is 1. The molecule has 1 unspecified atom stereocenters. The van der Waals surface area contributed by atoms with Gasteiger partial charge in [-0.25, -0.2) is 19.2 Å². The summed E-state index contributed by atoms with van der Waals surface area (Å²) in [5, 5.41) is 0. The van der Waals surface area contributed by atoms with Crippen LogP contribution < -0.4 is 0 Å². The maximum Gasteiger partial charge on any atom is 0.410 e. The minimum atomic E-state index is -0.502. The largest absolute Gasteiger partial charge is 0.444 e. The number of rotatable bonds is 6. The molecule has 2 heterocycles. The summed E-state index contributed by atoms with van der Waals surface area (Å²) in [6.45, 7) is 5.16. The number of hydrogen-bond donors (Lipinski definition) is 0. The van der Waals surface area contributed by atoms with Crippen LogP contribution >= 0.6 is 0 Å². The summed E-state index contributed by atoms with van der Waals surface area (Å²) in [6.07, 6.45) is 4.94. The fraction of sp³-hybridized carbons (Fsp3) is 0.429. The molecule has 1 aromatic heterocycles. The first-order chi connectivity index (χ1) is 14.1. The zero-order chi connectivity index (χ0) is 20.6. The predicted octanol–water partition coefficient (Wildman–Crippen LogP) is 3.87. The third-order valence-electron chi connectivity index (χ3n) is 4.84. The van der Waals surface area contributed by atoms with Crippen LogP contribution in [0.4, 0.5) is 14.9 Å². The molecule has 1 aromatic carbocycles. The van der Waals surface area contributed by atoms with E-state index in [4.69, 9.17) is 9.47 Å². The molecule has 29 heavy (non-hydrogen) atoms. The Balaban J connectivity index is 1.59. The second-order valence-electron chi connectivity index (χ2n) is 6.88. The van der Waals surface area contributed by atoms with Gasteiger partial charge in [-0.05, 0) is 12.5 Å². The first-order valence-electron chi connectivity index (χ1n) is 9.69. The molecule has 0 saturated carbocycles. The first kappa shape index (κ1) is 20.9. The number of carbonyl (C=O) groups is 1. The lowest BCUT2D eigenvalue weighted by Crippen LogP contribution is -2.46. The van der Waals surface area contributed by atoms with Crippen LogP contribution in [-0.2, 0) is 16.1 Å². The monoisotopic (exact) mass is 400 g/mol. The van der Waals surface area contributed by atoms with Crippen LogP contribution in [0.5, 0.6) is 0 Å². The highest BCUT2D eigenvalue weighted by molar-refractivity contribution is 5.72. The molecule has 1 saturated heterocycles. The van der Waals surface area contributed by atoms with Gasteiger partial charge >= 0.3 is 6.09 Å². The van der Waals surface area contributed by atoms with Gasteiger partial charge in [-0.3, -0.25) is 4.99 Å². The van der Waals surface area contributed by atoms with Gasteiger partial charge in [-0.2, -0.15) is 0 Å². The summed E-state index contributed by atoms with van der Waals surface area (Å²) in [5.74, 6) is -0.128. The predicted molar refractivity (Wildman–Crippen MR) is 107 cm³/mol. The van der Waals surface area contributed by atoms with E-state index in [1.54, 1.807) is 30.6 Å². The van der Waals surface area contributed by atoms with Crippen molar-refractivity contribution in [1.29, 1.82) is 0 Å². The van der Waals surface area contributed by atoms with Crippen molar-refractivity contribution in [2.24, 2.45) is 4.99 Å². The second-order valence-corrected chi connectivity index (χ2v) is 6.88. The van der Waals surface area contributed by atoms with Gasteiger partial charge in [0.2, 0.25) is 0 Å². The van der Waals surface area contributed by atoms with Gasteiger partial charge in [0.05, 0.1) is 25.0 Å². The Hall–Kier alpha value is -2.87. The molecular weight excluding hydrogens is 375 g/mol. The zero-order valence-corrected chi connectivity index (χ0v) is 16.6. The SMILES string of the molecule is CCC(C)c1ncncc1N=C[C@@H]1CN(C(=O)OCc2ccccc2F)CCO1. The fourth-order valence-electron chi connectivity index (χ4n) is 2.95. The number of benzene rings is 1. The average Bonchev–Trinajstić information content (AvgIpc) is 2.76. The van der Waals surface area contributed by atoms with E-state index in [1.165, 1.54) is 17.3 Å². The van der Waals surface area contributed by atoms with Crippen molar-refractivity contribution in [2.75, 3.05) is 19.7 Å². The van der Waals surface area contributed by atoms with Gasteiger partial charge in [0.15, 0.2) is 0 Å². The molecule has 1 aliphatic heterocycles. The van der Waals surface area contributed by atoms with Crippen molar-refractivity contribution >= 4 is 18.0 Å². The van der Waals surface area contributed by atoms with Gasteiger partial charge in [-0.15, -0.1) is 0 Å². The van der Waals surface area contributed by atoms with Gasteiger partial charge in [-0.1, -0.05) is 32.0 Å². The molecule has 0 aliphatic carbocycles. The lowest BCUT2D eigenvalue weighted by atomic mass is 10.0. The van der Waals surface area contributed by atoms with E-state index in [0.29, 0.717) is 30.9 Å². The molecular formula is C21H25FN4O3. The Labute approximate surface area is 169 Å². The Morgan fingerprint density at radius 1 is 1.48 bits per heavy atom. The van der Waals surface area contributed by atoms with Gasteiger partial charge in [0.1, 0.15) is 30.5 Å². The summed E-state index contributed by atoms with van der Waals surface area (Å²) in [7, 11) is 0. The maximum atomic E-state index is 13.7. The number of aliphatic imine (C=N–C) groups is 1. The highest BCUT2D eigenvalue weighted by Crippen LogP contribution is 2.25. The Kier molecular flexibility index (Phi) is 7.24. The molecule has 154 valence electrons. The molecule has 0 N–H and O–H groups in total. The average molecular weight is 400 g/mol. The number of ether oxygens (including phenoxy) is 2. The summed E-state index contributed by atoms with van der Waals surface area (Å²) >= 11 is 0. The van der Waals surface area contributed by atoms with E-state index in [2.05, 4.69) is 28.8 Å². The fourth-order valence-corrected chi connectivity index (χ4v) is 2.95. The lowest BCUT2D eigenvalue weighted by Gasteiger charge is -2.30. The quantitative estimate of drug-likeness (QED) is 0.688. The molecule has 0 bridgehead atoms. The Bertz CT molecular complexity index is 861. The molecule has 0 spiro atoms. The number of amides is 1. The van der Waals surface area contributed by atoms with Crippen molar-refractivity contribution < 1.29 is 18.7 Å². The highest BCUT2D eigenvalue weighted by atomic mass is 19.1. The number of nitrogens with zero attached hydrogens (tertiary/aromatic N) is 4. The topological polar surface area (TPSA) is 76.9 Å². The molecule has 1 amide bonds. The zero-order valence-electron chi connectivity index (χ0n) is 16.6. The van der Waals surface area contributed by atoms with Crippen molar-refractivity contribution in [2.45, 2.75) is 38.9 Å². The first-order valence-corrected chi connectivity index (χ1v) is 9.69. The van der Waals surface area contributed by atoms with Crippen LogP contribution in [0.25, 0.3) is 0 Å². The summed E-state index contributed by atoms with van der Waals surface area (Å²) in [6, 6.07) is 6.23. The molecule has 3 rings (SSSR count). The van der Waals surface area contributed by atoms with Crippen molar-refractivity contribution in [3.63, 3.8) is 0 Å². The normalized spacial score (nSPS) is 18.0. The molecule has 0 radical (unpaired) electrons. The Morgan fingerprint density at radius 3 is 3.10 bits per heavy atom. The maximum absolute atomic E-state index is 13.7. The van der Waals surface area contributed by atoms with E-state index < -0.39 is 11.9 Å². The van der Waals surface area contributed by atoms with E-state index in [1.807, 2.05) is 0 Å². The lowest BCUT2D eigenvalue weighted by molar-refractivity contribution is 0.00313. The van der Waals surface area contributed by atoms with Crippen LogP contribution in [0.1, 0.15) is 37.4 Å². The minimum absolute atomic E-state index is 0.110. The summed E-state index contributed by atoms with van der Waals surface area (Å²) in [5.41, 5.74) is 1.93. The van der Waals surface area contributed by atoms with Crippen LogP contribution in [0.15, 0.2) is 41.8 Å². The highest BCUT2D eigenvalue weighted by Gasteiger charge is 2.24. The molecule has 2 atom stereocenters. The smallest absolute Gasteiger partial charge is 0.410 e. The van der Waals surface area contributed by atoms with Crippen molar-refractivity contribution in [1.82, 2.24) is 14.9 Å². The van der Waals surface area contributed by atoms with Crippen LogP contribution in [0.3, 0.4) is 0 Å². The van der Waals surface area contributed by atoms with Crippen molar-refractivity contribution in [3.8, 4) is 0 Å². The van der Waals surface area contributed by atoms with E-state index in [9.17, 15) is 9.18 Å². The van der Waals surface area contributed by atoms with Gasteiger partial charge in [0.25, 0.3) is 0 Å². The third-order valence-corrected chi connectivity index (χ3v) is 4.84. The standard InChI is InChI=1S/C21H25FN4O3/c1-3-15(2)20-19(11-23-14-25-20)24-10-17-12-26(8-9-28-17)21(27)29-13-16-6-4-5-7-18(16)22/h4-7,10-11,14-15,17H,3,8-9,12-13H2,1-2H3/t15?,17-/m1/s1. The van der Waals surface area contributed by atoms with Crippen LogP contribution in [-0.4, -0.2) is 53.0 Å². The van der Waals surface area contributed by atoms with Crippen molar-refractivity contribution in [3.05, 3.63) is 53.9 Å². The molecule has 8 heteroatoms.